The number of aromatic nitrogens is 1. The van der Waals surface area contributed by atoms with Gasteiger partial charge in [0.05, 0.1) is 23.8 Å². The molecule has 162 valence electrons. The Bertz CT molecular complexity index is 1320. The third-order valence-electron chi connectivity index (χ3n) is 5.55. The zero-order valence-corrected chi connectivity index (χ0v) is 18.7. The third kappa shape index (κ3) is 4.09. The van der Waals surface area contributed by atoms with E-state index in [4.69, 9.17) is 16.3 Å². The van der Waals surface area contributed by atoms with Crippen LogP contribution < -0.4 is 10.5 Å². The summed E-state index contributed by atoms with van der Waals surface area (Å²) < 4.78 is 5.43. The van der Waals surface area contributed by atoms with Crippen molar-refractivity contribution in [3.63, 3.8) is 0 Å². The number of pyridine rings is 1. The minimum absolute atomic E-state index is 0.0412. The maximum absolute atomic E-state index is 12.6. The van der Waals surface area contributed by atoms with Crippen LogP contribution >= 0.6 is 23.4 Å². The van der Waals surface area contributed by atoms with E-state index >= 15 is 0 Å². The summed E-state index contributed by atoms with van der Waals surface area (Å²) >= 11 is 7.80. The fourth-order valence-corrected chi connectivity index (χ4v) is 5.03. The second-order valence-electron chi connectivity index (χ2n) is 7.57. The van der Waals surface area contributed by atoms with Gasteiger partial charge in [0.1, 0.15) is 10.6 Å². The molecule has 0 spiro atoms. The molecule has 0 saturated carbocycles. The average Bonchev–Trinajstić information content (AvgIpc) is 2.83. The number of aromatic hydroxyl groups is 1. The fraction of sp³-hybridized carbons (Fsp3) is 0.160. The Morgan fingerprint density at radius 2 is 1.72 bits per heavy atom. The molecule has 0 amide bonds. The molecule has 0 aliphatic carbocycles. The van der Waals surface area contributed by atoms with Crippen molar-refractivity contribution in [1.29, 1.82) is 0 Å². The summed E-state index contributed by atoms with van der Waals surface area (Å²) in [5.74, 6) is -0.0412. The van der Waals surface area contributed by atoms with Crippen molar-refractivity contribution in [1.82, 2.24) is 4.98 Å². The number of morpholine rings is 1. The summed E-state index contributed by atoms with van der Waals surface area (Å²) in [5, 5.41) is 12.0. The Hall–Kier alpha value is -2.93. The smallest absolute Gasteiger partial charge is 0.266 e. The summed E-state index contributed by atoms with van der Waals surface area (Å²) in [6.45, 7) is 3.22. The van der Waals surface area contributed by atoms with E-state index in [1.54, 1.807) is 6.07 Å². The van der Waals surface area contributed by atoms with Crippen LogP contribution in [0.4, 0.5) is 5.69 Å². The normalized spacial score (nSPS) is 14.1. The number of nitrogens with one attached hydrogen (secondary N) is 1. The van der Waals surface area contributed by atoms with Gasteiger partial charge >= 0.3 is 0 Å². The number of hydrogen-bond acceptors (Lipinski definition) is 5. The lowest BCUT2D eigenvalue weighted by atomic mass is 10.0. The lowest BCUT2D eigenvalue weighted by Gasteiger charge is -2.29. The number of hydrogen-bond donors (Lipinski definition) is 2. The van der Waals surface area contributed by atoms with Gasteiger partial charge in [0.2, 0.25) is 0 Å². The molecule has 2 N–H and O–H groups in total. The van der Waals surface area contributed by atoms with Gasteiger partial charge in [-0.3, -0.25) is 4.79 Å². The SMILES string of the molecule is O=c1[nH]c2cc(Cl)c(-c3ccc(N4CCOCC4)cc3)cc2c(O)c1Sc1ccccc1. The molecule has 7 heteroatoms. The van der Waals surface area contributed by atoms with E-state index in [-0.39, 0.29) is 16.2 Å². The standard InChI is InChI=1S/C25H21ClN2O3S/c26-21-15-22-20(23(29)24(25(30)27-22)32-18-4-2-1-3-5-18)14-19(21)16-6-8-17(9-7-16)28-10-12-31-13-11-28/h1-9,14-15H,10-13H2,(H2,27,29,30). The minimum atomic E-state index is -0.345. The van der Waals surface area contributed by atoms with Crippen LogP contribution in [0.25, 0.3) is 22.0 Å². The first-order chi connectivity index (χ1) is 15.6. The molecule has 0 radical (unpaired) electrons. The van der Waals surface area contributed by atoms with Gasteiger partial charge in [0.25, 0.3) is 5.56 Å². The Morgan fingerprint density at radius 3 is 2.44 bits per heavy atom. The summed E-state index contributed by atoms with van der Waals surface area (Å²) in [6.07, 6.45) is 0. The molecule has 32 heavy (non-hydrogen) atoms. The lowest BCUT2D eigenvalue weighted by Crippen LogP contribution is -2.36. The van der Waals surface area contributed by atoms with Crippen molar-refractivity contribution in [3.05, 3.63) is 82.1 Å². The Labute approximate surface area is 194 Å². The van der Waals surface area contributed by atoms with Gasteiger partial charge in [-0.25, -0.2) is 0 Å². The summed E-state index contributed by atoms with van der Waals surface area (Å²) in [7, 11) is 0. The van der Waals surface area contributed by atoms with Crippen molar-refractivity contribution in [2.45, 2.75) is 9.79 Å². The second kappa shape index (κ2) is 8.90. The van der Waals surface area contributed by atoms with Crippen molar-refractivity contribution < 1.29 is 9.84 Å². The van der Waals surface area contributed by atoms with Gasteiger partial charge in [-0.2, -0.15) is 0 Å². The van der Waals surface area contributed by atoms with Crippen LogP contribution in [0.1, 0.15) is 0 Å². The van der Waals surface area contributed by atoms with Gasteiger partial charge in [-0.05, 0) is 42.0 Å². The van der Waals surface area contributed by atoms with Gasteiger partial charge in [-0.15, -0.1) is 0 Å². The maximum atomic E-state index is 12.6. The van der Waals surface area contributed by atoms with Crippen LogP contribution in [0.5, 0.6) is 5.75 Å². The van der Waals surface area contributed by atoms with Gasteiger partial charge in [0.15, 0.2) is 0 Å². The summed E-state index contributed by atoms with van der Waals surface area (Å²) in [6, 6.07) is 21.2. The van der Waals surface area contributed by atoms with E-state index in [2.05, 4.69) is 22.0 Å². The molecule has 3 aromatic carbocycles. The number of halogens is 1. The van der Waals surface area contributed by atoms with Crippen LogP contribution in [-0.4, -0.2) is 36.4 Å². The van der Waals surface area contributed by atoms with E-state index in [0.717, 1.165) is 48.0 Å². The lowest BCUT2D eigenvalue weighted by molar-refractivity contribution is 0.122. The molecular weight excluding hydrogens is 444 g/mol. The monoisotopic (exact) mass is 464 g/mol. The van der Waals surface area contributed by atoms with Crippen molar-refractivity contribution in [2.75, 3.05) is 31.2 Å². The molecule has 5 nitrogen and oxygen atoms in total. The van der Waals surface area contributed by atoms with E-state index in [0.29, 0.717) is 15.9 Å². The topological polar surface area (TPSA) is 65.6 Å². The summed E-state index contributed by atoms with van der Waals surface area (Å²) in [4.78, 5) is 18.9. The first kappa shape index (κ1) is 20.9. The Balaban J connectivity index is 1.54. The highest BCUT2D eigenvalue weighted by atomic mass is 35.5. The van der Waals surface area contributed by atoms with Crippen LogP contribution in [0.2, 0.25) is 5.02 Å². The number of anilines is 1. The van der Waals surface area contributed by atoms with E-state index in [9.17, 15) is 9.90 Å². The van der Waals surface area contributed by atoms with Crippen LogP contribution in [-0.2, 0) is 4.74 Å². The van der Waals surface area contributed by atoms with Crippen LogP contribution in [0.3, 0.4) is 0 Å². The van der Waals surface area contributed by atoms with Crippen molar-refractivity contribution in [2.24, 2.45) is 0 Å². The molecule has 1 saturated heterocycles. The largest absolute Gasteiger partial charge is 0.506 e. The second-order valence-corrected chi connectivity index (χ2v) is 9.06. The van der Waals surface area contributed by atoms with Gasteiger partial charge < -0.3 is 19.7 Å². The molecule has 0 unspecified atom stereocenters. The number of H-pyrrole nitrogens is 1. The van der Waals surface area contributed by atoms with Crippen molar-refractivity contribution in [3.8, 4) is 16.9 Å². The predicted octanol–water partition coefficient (Wildman–Crippen LogP) is 5.54. The van der Waals surface area contributed by atoms with E-state index in [1.807, 2.05) is 48.5 Å². The number of aromatic amines is 1. The average molecular weight is 465 g/mol. The zero-order valence-electron chi connectivity index (χ0n) is 17.2. The van der Waals surface area contributed by atoms with Crippen LogP contribution in [0.15, 0.2) is 81.3 Å². The quantitative estimate of drug-likeness (QED) is 0.415. The molecular formula is C25H21ClN2O3S. The predicted molar refractivity (Wildman–Crippen MR) is 130 cm³/mol. The Kier molecular flexibility index (Phi) is 5.83. The number of ether oxygens (including phenoxy) is 1. The number of benzene rings is 3. The van der Waals surface area contributed by atoms with Crippen LogP contribution in [0, 0.1) is 0 Å². The van der Waals surface area contributed by atoms with Gasteiger partial charge in [0, 0.05) is 34.6 Å². The number of fused-ring (bicyclic) bond motifs is 1. The van der Waals surface area contributed by atoms with Crippen molar-refractivity contribution >= 4 is 40.0 Å². The first-order valence-corrected chi connectivity index (χ1v) is 11.5. The van der Waals surface area contributed by atoms with E-state index in [1.165, 1.54) is 11.8 Å². The van der Waals surface area contributed by atoms with Gasteiger partial charge in [-0.1, -0.05) is 53.7 Å². The highest BCUT2D eigenvalue weighted by molar-refractivity contribution is 7.99. The molecule has 5 rings (SSSR count). The molecule has 4 aromatic rings. The first-order valence-electron chi connectivity index (χ1n) is 10.3. The third-order valence-corrected chi connectivity index (χ3v) is 6.95. The highest BCUT2D eigenvalue weighted by Crippen LogP contribution is 2.39. The molecule has 1 aliphatic rings. The van der Waals surface area contributed by atoms with E-state index < -0.39 is 0 Å². The summed E-state index contributed by atoms with van der Waals surface area (Å²) in [5.41, 5.74) is 3.04. The molecule has 0 atom stereocenters. The number of nitrogens with zero attached hydrogens (tertiary/aromatic N) is 1. The Morgan fingerprint density at radius 1 is 1.00 bits per heavy atom. The molecule has 1 aromatic heterocycles. The maximum Gasteiger partial charge on any atom is 0.266 e. The molecule has 1 aliphatic heterocycles. The fourth-order valence-electron chi connectivity index (χ4n) is 3.88. The molecule has 2 heterocycles. The minimum Gasteiger partial charge on any atom is -0.506 e. The number of rotatable bonds is 4. The highest BCUT2D eigenvalue weighted by Gasteiger charge is 2.17. The molecule has 1 fully saturated rings. The zero-order chi connectivity index (χ0) is 22.1. The molecule has 0 bridgehead atoms.